The monoisotopic (exact) mass is 269 g/mol. The second-order valence-corrected chi connectivity index (χ2v) is 5.10. The van der Waals surface area contributed by atoms with Crippen molar-refractivity contribution in [3.05, 3.63) is 0 Å². The first-order chi connectivity index (χ1) is 9.20. The van der Waals surface area contributed by atoms with E-state index >= 15 is 0 Å². The van der Waals surface area contributed by atoms with Crippen molar-refractivity contribution in [3.63, 3.8) is 0 Å². The molecule has 1 atom stereocenters. The first-order valence-corrected chi connectivity index (χ1v) is 7.11. The Bertz CT molecular complexity index is 331. The summed E-state index contributed by atoms with van der Waals surface area (Å²) in [5, 5.41) is 6.16. The average Bonchev–Trinajstić information content (AvgIpc) is 3.21. The molecule has 0 radical (unpaired) electrons. The van der Waals surface area contributed by atoms with E-state index in [1.54, 1.807) is 0 Å². The smallest absolute Gasteiger partial charge is 0.324 e. The molecule has 2 N–H and O–H groups in total. The van der Waals surface area contributed by atoms with Crippen molar-refractivity contribution in [3.8, 4) is 0 Å². The summed E-state index contributed by atoms with van der Waals surface area (Å²) in [6, 6.07) is 0.138. The molecule has 1 heterocycles. The van der Waals surface area contributed by atoms with Gasteiger partial charge in [-0.05, 0) is 19.8 Å². The fourth-order valence-corrected chi connectivity index (χ4v) is 2.26. The third kappa shape index (κ3) is 4.47. The molecule has 2 rings (SSSR count). The standard InChI is InChI=1S/C13H23N3O3/c1-2-19-13(18)11-9-14-6-8-16(11)7-5-12(17)15-10-3-4-10/h10-11,14H,2-9H2,1H3,(H,15,17). The zero-order chi connectivity index (χ0) is 13.7. The highest BCUT2D eigenvalue weighted by Gasteiger charge is 2.30. The molecule has 1 aliphatic heterocycles. The first-order valence-electron chi connectivity index (χ1n) is 7.11. The highest BCUT2D eigenvalue weighted by molar-refractivity contribution is 5.78. The highest BCUT2D eigenvalue weighted by atomic mass is 16.5. The van der Waals surface area contributed by atoms with Crippen LogP contribution in [0.1, 0.15) is 26.2 Å². The van der Waals surface area contributed by atoms with Crippen LogP contribution < -0.4 is 10.6 Å². The van der Waals surface area contributed by atoms with E-state index in [0.29, 0.717) is 32.2 Å². The Kier molecular flexibility index (Phi) is 5.15. The van der Waals surface area contributed by atoms with Gasteiger partial charge in [-0.1, -0.05) is 0 Å². The number of esters is 1. The molecular weight excluding hydrogens is 246 g/mol. The van der Waals surface area contributed by atoms with Crippen molar-refractivity contribution in [1.82, 2.24) is 15.5 Å². The first kappa shape index (κ1) is 14.3. The number of carbonyl (C=O) groups is 2. The van der Waals surface area contributed by atoms with Crippen molar-refractivity contribution < 1.29 is 14.3 Å². The lowest BCUT2D eigenvalue weighted by Crippen LogP contribution is -2.56. The van der Waals surface area contributed by atoms with E-state index in [9.17, 15) is 9.59 Å². The van der Waals surface area contributed by atoms with Gasteiger partial charge in [0.05, 0.1) is 6.61 Å². The molecule has 1 saturated carbocycles. The predicted octanol–water partition coefficient (Wildman–Crippen LogP) is -0.508. The fourth-order valence-electron chi connectivity index (χ4n) is 2.26. The molecule has 0 aromatic heterocycles. The summed E-state index contributed by atoms with van der Waals surface area (Å²) in [6.45, 7) is 5.04. The van der Waals surface area contributed by atoms with Crippen molar-refractivity contribution in [2.45, 2.75) is 38.3 Å². The van der Waals surface area contributed by atoms with Crippen molar-refractivity contribution in [1.29, 1.82) is 0 Å². The lowest BCUT2D eigenvalue weighted by molar-refractivity contribution is -0.150. The van der Waals surface area contributed by atoms with E-state index in [1.807, 2.05) is 11.8 Å². The van der Waals surface area contributed by atoms with Crippen LogP contribution in [0.5, 0.6) is 0 Å². The van der Waals surface area contributed by atoms with E-state index < -0.39 is 0 Å². The fraction of sp³-hybridized carbons (Fsp3) is 0.846. The van der Waals surface area contributed by atoms with Gasteiger partial charge < -0.3 is 15.4 Å². The lowest BCUT2D eigenvalue weighted by atomic mass is 10.2. The maximum absolute atomic E-state index is 11.8. The Morgan fingerprint density at radius 1 is 1.42 bits per heavy atom. The van der Waals surface area contributed by atoms with E-state index in [-0.39, 0.29) is 17.9 Å². The minimum absolute atomic E-state index is 0.0867. The van der Waals surface area contributed by atoms with Gasteiger partial charge in [0.15, 0.2) is 0 Å². The van der Waals surface area contributed by atoms with Gasteiger partial charge in [0.25, 0.3) is 0 Å². The number of nitrogens with zero attached hydrogens (tertiary/aromatic N) is 1. The van der Waals surface area contributed by atoms with Gasteiger partial charge in [-0.3, -0.25) is 14.5 Å². The van der Waals surface area contributed by atoms with Crippen molar-refractivity contribution >= 4 is 11.9 Å². The predicted molar refractivity (Wildman–Crippen MR) is 70.6 cm³/mol. The zero-order valence-corrected chi connectivity index (χ0v) is 11.5. The molecule has 2 fully saturated rings. The van der Waals surface area contributed by atoms with Gasteiger partial charge in [-0.2, -0.15) is 0 Å². The third-order valence-electron chi connectivity index (χ3n) is 3.48. The summed E-state index contributed by atoms with van der Waals surface area (Å²) in [5.74, 6) is -0.110. The molecule has 108 valence electrons. The lowest BCUT2D eigenvalue weighted by Gasteiger charge is -2.34. The van der Waals surface area contributed by atoms with Crippen LogP contribution in [-0.2, 0) is 14.3 Å². The van der Waals surface area contributed by atoms with Crippen LogP contribution in [-0.4, -0.2) is 61.6 Å². The van der Waals surface area contributed by atoms with Gasteiger partial charge in [0.2, 0.25) is 5.91 Å². The zero-order valence-electron chi connectivity index (χ0n) is 11.5. The van der Waals surface area contributed by atoms with Gasteiger partial charge >= 0.3 is 5.97 Å². The van der Waals surface area contributed by atoms with Crippen LogP contribution in [0.4, 0.5) is 0 Å². The Labute approximate surface area is 113 Å². The SMILES string of the molecule is CCOC(=O)C1CNCCN1CCC(=O)NC1CC1. The second kappa shape index (κ2) is 6.86. The van der Waals surface area contributed by atoms with Gasteiger partial charge in [-0.15, -0.1) is 0 Å². The molecule has 1 unspecified atom stereocenters. The van der Waals surface area contributed by atoms with E-state index in [1.165, 1.54) is 0 Å². The minimum Gasteiger partial charge on any atom is -0.465 e. The van der Waals surface area contributed by atoms with Gasteiger partial charge in [0, 0.05) is 38.6 Å². The number of nitrogens with one attached hydrogen (secondary N) is 2. The summed E-state index contributed by atoms with van der Waals surface area (Å²) in [4.78, 5) is 25.5. The van der Waals surface area contributed by atoms with E-state index in [4.69, 9.17) is 4.74 Å². The molecule has 1 amide bonds. The average molecular weight is 269 g/mol. The Morgan fingerprint density at radius 3 is 2.89 bits per heavy atom. The van der Waals surface area contributed by atoms with Gasteiger partial charge in [-0.25, -0.2) is 0 Å². The van der Waals surface area contributed by atoms with E-state index in [2.05, 4.69) is 10.6 Å². The summed E-state index contributed by atoms with van der Waals surface area (Å²) in [7, 11) is 0. The normalized spacial score (nSPS) is 23.9. The number of rotatable bonds is 6. The summed E-state index contributed by atoms with van der Waals surface area (Å²) < 4.78 is 5.07. The van der Waals surface area contributed by atoms with E-state index in [0.717, 1.165) is 25.9 Å². The van der Waals surface area contributed by atoms with Crippen molar-refractivity contribution in [2.24, 2.45) is 0 Å². The van der Waals surface area contributed by atoms with Crippen LogP contribution in [0.15, 0.2) is 0 Å². The number of piperazine rings is 1. The second-order valence-electron chi connectivity index (χ2n) is 5.10. The molecule has 2 aliphatic rings. The molecule has 0 bridgehead atoms. The number of carbonyl (C=O) groups excluding carboxylic acids is 2. The number of hydrogen-bond donors (Lipinski definition) is 2. The Morgan fingerprint density at radius 2 is 2.21 bits per heavy atom. The Balaban J connectivity index is 1.77. The number of hydrogen-bond acceptors (Lipinski definition) is 5. The number of amides is 1. The molecule has 0 spiro atoms. The number of ether oxygens (including phenoxy) is 1. The van der Waals surface area contributed by atoms with Crippen LogP contribution in [0.25, 0.3) is 0 Å². The maximum Gasteiger partial charge on any atom is 0.324 e. The molecule has 1 aliphatic carbocycles. The van der Waals surface area contributed by atoms with Crippen molar-refractivity contribution in [2.75, 3.05) is 32.8 Å². The molecule has 1 saturated heterocycles. The molecule has 6 heteroatoms. The quantitative estimate of drug-likeness (QED) is 0.636. The largest absolute Gasteiger partial charge is 0.465 e. The van der Waals surface area contributed by atoms with Crippen LogP contribution in [0, 0.1) is 0 Å². The maximum atomic E-state index is 11.8. The Hall–Kier alpha value is -1.14. The summed E-state index contributed by atoms with van der Waals surface area (Å²) >= 11 is 0. The summed E-state index contributed by atoms with van der Waals surface area (Å²) in [5.41, 5.74) is 0. The van der Waals surface area contributed by atoms with Crippen LogP contribution in [0.2, 0.25) is 0 Å². The summed E-state index contributed by atoms with van der Waals surface area (Å²) in [6.07, 6.45) is 2.65. The molecule has 0 aromatic carbocycles. The minimum atomic E-state index is -0.262. The highest BCUT2D eigenvalue weighted by Crippen LogP contribution is 2.18. The van der Waals surface area contributed by atoms with Crippen LogP contribution >= 0.6 is 0 Å². The third-order valence-corrected chi connectivity index (χ3v) is 3.48. The van der Waals surface area contributed by atoms with Gasteiger partial charge in [0.1, 0.15) is 6.04 Å². The molecule has 6 nitrogen and oxygen atoms in total. The molecular formula is C13H23N3O3. The topological polar surface area (TPSA) is 70.7 Å². The van der Waals surface area contributed by atoms with Crippen LogP contribution in [0.3, 0.4) is 0 Å². The molecule has 19 heavy (non-hydrogen) atoms. The molecule has 0 aromatic rings.